The van der Waals surface area contributed by atoms with Gasteiger partial charge in [0.1, 0.15) is 0 Å². The molecule has 5 heteroatoms. The van der Waals surface area contributed by atoms with Gasteiger partial charge in [0.2, 0.25) is 5.91 Å². The molecule has 2 N–H and O–H groups in total. The molecular weight excluding hydrogens is 264 g/mol. The number of likely N-dealkylation sites (N-methyl/N-ethyl adjacent to an activating group) is 1. The van der Waals surface area contributed by atoms with E-state index in [9.17, 15) is 4.79 Å². The number of nitrogens with one attached hydrogen (secondary N) is 2. The van der Waals surface area contributed by atoms with E-state index in [0.29, 0.717) is 6.54 Å². The van der Waals surface area contributed by atoms with Crippen molar-refractivity contribution >= 4 is 5.91 Å². The zero-order chi connectivity index (χ0) is 15.5. The summed E-state index contributed by atoms with van der Waals surface area (Å²) in [7, 11) is 0. The van der Waals surface area contributed by atoms with Crippen LogP contribution in [0.4, 0.5) is 0 Å². The second-order valence-electron chi connectivity index (χ2n) is 5.33. The number of hydrogen-bond acceptors (Lipinski definition) is 4. The van der Waals surface area contributed by atoms with Gasteiger partial charge in [0.05, 0.1) is 30.2 Å². The molecule has 0 aliphatic rings. The molecule has 5 nitrogen and oxygen atoms in total. The second-order valence-corrected chi connectivity index (χ2v) is 5.33. The highest BCUT2D eigenvalue weighted by molar-refractivity contribution is 5.81. The molecule has 21 heavy (non-hydrogen) atoms. The van der Waals surface area contributed by atoms with Crippen molar-refractivity contribution in [1.29, 1.82) is 0 Å². The Bertz CT molecular complexity index is 405. The van der Waals surface area contributed by atoms with Crippen molar-refractivity contribution in [3.8, 4) is 0 Å². The number of rotatable bonds is 10. The fourth-order valence-electron chi connectivity index (χ4n) is 2.16. The van der Waals surface area contributed by atoms with Crippen molar-refractivity contribution in [2.24, 2.45) is 0 Å². The Morgan fingerprint density at radius 3 is 2.62 bits per heavy atom. The van der Waals surface area contributed by atoms with E-state index in [1.807, 2.05) is 13.8 Å². The standard InChI is InChI=1S/C16H28N4O/c1-4-6-7-8-9-15(17-5-2)16(21)20-12-14-11-18-13(3)10-19-14/h10-11,15,17H,4-9,12H2,1-3H3,(H,20,21). The molecule has 0 aromatic carbocycles. The summed E-state index contributed by atoms with van der Waals surface area (Å²) < 4.78 is 0. The summed E-state index contributed by atoms with van der Waals surface area (Å²) in [6, 6.07) is -0.106. The third kappa shape index (κ3) is 7.18. The smallest absolute Gasteiger partial charge is 0.237 e. The van der Waals surface area contributed by atoms with E-state index in [-0.39, 0.29) is 11.9 Å². The van der Waals surface area contributed by atoms with Crippen LogP contribution < -0.4 is 10.6 Å². The predicted octanol–water partition coefficient (Wildman–Crippen LogP) is 2.35. The predicted molar refractivity (Wildman–Crippen MR) is 84.8 cm³/mol. The van der Waals surface area contributed by atoms with Gasteiger partial charge in [0.25, 0.3) is 0 Å². The SMILES string of the molecule is CCCCCCC(NCC)C(=O)NCc1cnc(C)cn1. The van der Waals surface area contributed by atoms with E-state index in [1.165, 1.54) is 19.3 Å². The van der Waals surface area contributed by atoms with Crippen molar-refractivity contribution in [2.45, 2.75) is 65.5 Å². The third-order valence-corrected chi connectivity index (χ3v) is 3.39. The minimum atomic E-state index is -0.106. The largest absolute Gasteiger partial charge is 0.349 e. The number of amides is 1. The van der Waals surface area contributed by atoms with Crippen molar-refractivity contribution in [3.05, 3.63) is 23.8 Å². The maximum Gasteiger partial charge on any atom is 0.237 e. The molecule has 0 bridgehead atoms. The molecule has 1 unspecified atom stereocenters. The number of unbranched alkanes of at least 4 members (excludes halogenated alkanes) is 3. The lowest BCUT2D eigenvalue weighted by molar-refractivity contribution is -0.123. The topological polar surface area (TPSA) is 66.9 Å². The number of aromatic nitrogens is 2. The van der Waals surface area contributed by atoms with Crippen LogP contribution in [0.5, 0.6) is 0 Å². The molecule has 0 saturated heterocycles. The van der Waals surface area contributed by atoms with Gasteiger partial charge >= 0.3 is 0 Å². The van der Waals surface area contributed by atoms with Crippen molar-refractivity contribution in [3.63, 3.8) is 0 Å². The van der Waals surface area contributed by atoms with Gasteiger partial charge in [-0.15, -0.1) is 0 Å². The van der Waals surface area contributed by atoms with Gasteiger partial charge in [-0.3, -0.25) is 14.8 Å². The number of nitrogens with zero attached hydrogens (tertiary/aromatic N) is 2. The molecular formula is C16H28N4O. The number of carbonyl (C=O) groups excluding carboxylic acids is 1. The molecule has 0 aliphatic carbocycles. The van der Waals surface area contributed by atoms with E-state index < -0.39 is 0 Å². The normalized spacial score (nSPS) is 12.1. The third-order valence-electron chi connectivity index (χ3n) is 3.39. The number of aryl methyl sites for hydroxylation is 1. The van der Waals surface area contributed by atoms with Gasteiger partial charge in [-0.2, -0.15) is 0 Å². The quantitative estimate of drug-likeness (QED) is 0.650. The molecule has 0 saturated carbocycles. The van der Waals surface area contributed by atoms with Crippen LogP contribution in [0, 0.1) is 6.92 Å². The van der Waals surface area contributed by atoms with Crippen LogP contribution in [-0.2, 0) is 11.3 Å². The summed E-state index contributed by atoms with van der Waals surface area (Å²) in [6.07, 6.45) is 9.04. The first-order chi connectivity index (χ1) is 10.2. The Labute approximate surface area is 128 Å². The van der Waals surface area contributed by atoms with Gasteiger partial charge in [-0.1, -0.05) is 39.5 Å². The lowest BCUT2D eigenvalue weighted by atomic mass is 10.1. The Morgan fingerprint density at radius 2 is 2.00 bits per heavy atom. The molecule has 1 rings (SSSR count). The van der Waals surface area contributed by atoms with Crippen molar-refractivity contribution < 1.29 is 4.79 Å². The zero-order valence-electron chi connectivity index (χ0n) is 13.5. The monoisotopic (exact) mass is 292 g/mol. The summed E-state index contributed by atoms with van der Waals surface area (Å²) in [5, 5.41) is 6.20. The Morgan fingerprint density at radius 1 is 1.19 bits per heavy atom. The van der Waals surface area contributed by atoms with Gasteiger partial charge in [0, 0.05) is 6.20 Å². The summed E-state index contributed by atoms with van der Waals surface area (Å²) in [4.78, 5) is 20.6. The van der Waals surface area contributed by atoms with E-state index in [4.69, 9.17) is 0 Å². The van der Waals surface area contributed by atoms with E-state index >= 15 is 0 Å². The minimum Gasteiger partial charge on any atom is -0.349 e. The Kier molecular flexibility index (Phi) is 8.59. The van der Waals surface area contributed by atoms with E-state index in [0.717, 1.165) is 30.8 Å². The van der Waals surface area contributed by atoms with Crippen molar-refractivity contribution in [1.82, 2.24) is 20.6 Å². The molecule has 1 aromatic heterocycles. The van der Waals surface area contributed by atoms with Gasteiger partial charge in [-0.25, -0.2) is 0 Å². The molecule has 0 aliphatic heterocycles. The highest BCUT2D eigenvalue weighted by Gasteiger charge is 2.16. The fraction of sp³-hybridized carbons (Fsp3) is 0.688. The molecule has 0 spiro atoms. The van der Waals surface area contributed by atoms with E-state index in [1.54, 1.807) is 12.4 Å². The molecule has 0 radical (unpaired) electrons. The average Bonchev–Trinajstić information content (AvgIpc) is 2.49. The number of carbonyl (C=O) groups is 1. The summed E-state index contributed by atoms with van der Waals surface area (Å²) in [5.41, 5.74) is 1.67. The summed E-state index contributed by atoms with van der Waals surface area (Å²) in [5.74, 6) is 0.0516. The molecule has 1 atom stereocenters. The maximum absolute atomic E-state index is 12.2. The summed E-state index contributed by atoms with van der Waals surface area (Å²) in [6.45, 7) is 7.35. The van der Waals surface area contributed by atoms with Gasteiger partial charge in [-0.05, 0) is 19.9 Å². The van der Waals surface area contributed by atoms with Crippen LogP contribution in [0.1, 0.15) is 57.3 Å². The van der Waals surface area contributed by atoms with Crippen molar-refractivity contribution in [2.75, 3.05) is 6.54 Å². The minimum absolute atomic E-state index is 0.0516. The molecule has 118 valence electrons. The van der Waals surface area contributed by atoms with Crippen LogP contribution in [0.25, 0.3) is 0 Å². The number of hydrogen-bond donors (Lipinski definition) is 2. The highest BCUT2D eigenvalue weighted by atomic mass is 16.2. The fourth-order valence-corrected chi connectivity index (χ4v) is 2.16. The van der Waals surface area contributed by atoms with Gasteiger partial charge in [0.15, 0.2) is 0 Å². The molecule has 1 aromatic rings. The van der Waals surface area contributed by atoms with Crippen LogP contribution in [-0.4, -0.2) is 28.5 Å². The lowest BCUT2D eigenvalue weighted by Gasteiger charge is -2.17. The van der Waals surface area contributed by atoms with Gasteiger partial charge < -0.3 is 10.6 Å². The van der Waals surface area contributed by atoms with Crippen LogP contribution in [0.2, 0.25) is 0 Å². The second kappa shape index (κ2) is 10.3. The molecule has 1 amide bonds. The van der Waals surface area contributed by atoms with E-state index in [2.05, 4.69) is 27.5 Å². The maximum atomic E-state index is 12.2. The average molecular weight is 292 g/mol. The summed E-state index contributed by atoms with van der Waals surface area (Å²) >= 11 is 0. The Hall–Kier alpha value is -1.49. The first-order valence-corrected chi connectivity index (χ1v) is 7.96. The lowest BCUT2D eigenvalue weighted by Crippen LogP contribution is -2.44. The zero-order valence-corrected chi connectivity index (χ0v) is 13.5. The Balaban J connectivity index is 2.38. The van der Waals surface area contributed by atoms with Crippen LogP contribution in [0.3, 0.4) is 0 Å². The van der Waals surface area contributed by atoms with Crippen LogP contribution >= 0.6 is 0 Å². The highest BCUT2D eigenvalue weighted by Crippen LogP contribution is 2.06. The first-order valence-electron chi connectivity index (χ1n) is 7.96. The first kappa shape index (κ1) is 17.6. The molecule has 1 heterocycles. The van der Waals surface area contributed by atoms with Crippen LogP contribution in [0.15, 0.2) is 12.4 Å². The molecule has 0 fully saturated rings.